The Hall–Kier alpha value is -0.860. The Morgan fingerprint density at radius 2 is 1.39 bits per heavy atom. The average molecular weight is 248 g/mol. The van der Waals surface area contributed by atoms with Crippen molar-refractivity contribution in [2.75, 3.05) is 0 Å². The van der Waals surface area contributed by atoms with E-state index in [1.807, 2.05) is 0 Å². The second kappa shape index (κ2) is 3.37. The molecule has 0 amide bonds. The van der Waals surface area contributed by atoms with Crippen LogP contribution in [-0.4, -0.2) is 16.9 Å². The van der Waals surface area contributed by atoms with E-state index in [4.69, 9.17) is 0 Å². The van der Waals surface area contributed by atoms with Crippen molar-refractivity contribution in [1.82, 2.24) is 0 Å². The van der Waals surface area contributed by atoms with Crippen LogP contribution in [0.25, 0.3) is 0 Å². The van der Waals surface area contributed by atoms with Gasteiger partial charge in [-0.2, -0.15) is 0 Å². The van der Waals surface area contributed by atoms with Crippen LogP contribution in [0, 0.1) is 35.0 Å². The lowest BCUT2D eigenvalue weighted by Gasteiger charge is -2.54. The molecular formula is C15H20O3. The van der Waals surface area contributed by atoms with Crippen molar-refractivity contribution in [2.24, 2.45) is 35.0 Å². The summed E-state index contributed by atoms with van der Waals surface area (Å²) in [6.07, 6.45) is 7.32. The molecule has 0 aromatic rings. The summed E-state index contributed by atoms with van der Waals surface area (Å²) in [6, 6.07) is 0. The van der Waals surface area contributed by atoms with Gasteiger partial charge in [0.25, 0.3) is 0 Å². The van der Waals surface area contributed by atoms with Crippen LogP contribution in [0.3, 0.4) is 0 Å². The van der Waals surface area contributed by atoms with Crippen LogP contribution < -0.4 is 0 Å². The van der Waals surface area contributed by atoms with Crippen molar-refractivity contribution in [2.45, 2.75) is 44.9 Å². The van der Waals surface area contributed by atoms with Crippen molar-refractivity contribution in [3.63, 3.8) is 0 Å². The van der Waals surface area contributed by atoms with Gasteiger partial charge in [-0.3, -0.25) is 9.59 Å². The Labute approximate surface area is 107 Å². The molecule has 5 saturated carbocycles. The molecule has 18 heavy (non-hydrogen) atoms. The SMILES string of the molecule is O=C(O)C1(C(=O)C2C3CC4CC(C3)CC2C4)CC1. The lowest BCUT2D eigenvalue weighted by Crippen LogP contribution is -2.50. The minimum absolute atomic E-state index is 0.0939. The molecule has 3 nitrogen and oxygen atoms in total. The quantitative estimate of drug-likeness (QED) is 0.781. The number of Topliss-reactive ketones (excluding diaryl/α,β-unsaturated/α-hetero) is 1. The summed E-state index contributed by atoms with van der Waals surface area (Å²) < 4.78 is 0. The molecule has 0 heterocycles. The van der Waals surface area contributed by atoms with Gasteiger partial charge in [-0.25, -0.2) is 0 Å². The third-order valence-electron chi connectivity index (χ3n) is 6.16. The van der Waals surface area contributed by atoms with Crippen molar-refractivity contribution in [3.8, 4) is 0 Å². The Balaban J connectivity index is 1.62. The van der Waals surface area contributed by atoms with Gasteiger partial charge in [-0.05, 0) is 68.6 Å². The van der Waals surface area contributed by atoms with Gasteiger partial charge in [0.1, 0.15) is 5.41 Å². The second-order valence-corrected chi connectivity index (χ2v) is 7.21. The summed E-state index contributed by atoms with van der Waals surface area (Å²) in [5.74, 6) is 2.06. The number of hydrogen-bond donors (Lipinski definition) is 1. The molecule has 5 fully saturated rings. The average Bonchev–Trinajstić information content (AvgIpc) is 3.07. The molecule has 5 rings (SSSR count). The predicted molar refractivity (Wildman–Crippen MR) is 64.8 cm³/mol. The fraction of sp³-hybridized carbons (Fsp3) is 0.867. The van der Waals surface area contributed by atoms with E-state index in [1.165, 1.54) is 32.1 Å². The fourth-order valence-electron chi connectivity index (χ4n) is 5.36. The highest BCUT2D eigenvalue weighted by molar-refractivity contribution is 6.07. The molecule has 0 aromatic heterocycles. The maximum atomic E-state index is 12.7. The Morgan fingerprint density at radius 3 is 1.78 bits per heavy atom. The third kappa shape index (κ3) is 1.31. The highest BCUT2D eigenvalue weighted by Gasteiger charge is 2.62. The van der Waals surface area contributed by atoms with E-state index < -0.39 is 11.4 Å². The zero-order valence-corrected chi connectivity index (χ0v) is 10.6. The van der Waals surface area contributed by atoms with E-state index in [9.17, 15) is 14.7 Å². The summed E-state index contributed by atoms with van der Waals surface area (Å²) in [4.78, 5) is 24.0. The molecule has 0 aliphatic heterocycles. The standard InChI is InChI=1S/C15H20O3/c16-13(15(1-2-15)14(17)18)12-10-4-8-3-9(6-10)7-11(12)5-8/h8-12H,1-7H2,(H,17,18). The molecule has 98 valence electrons. The number of carboxylic acids is 1. The van der Waals surface area contributed by atoms with E-state index in [0.29, 0.717) is 24.7 Å². The van der Waals surface area contributed by atoms with Gasteiger partial charge in [-0.1, -0.05) is 0 Å². The largest absolute Gasteiger partial charge is 0.480 e. The zero-order valence-electron chi connectivity index (χ0n) is 10.6. The van der Waals surface area contributed by atoms with Gasteiger partial charge >= 0.3 is 5.97 Å². The van der Waals surface area contributed by atoms with Crippen LogP contribution in [0.1, 0.15) is 44.9 Å². The first kappa shape index (κ1) is 11.0. The normalized spacial score (nSPS) is 47.0. The smallest absolute Gasteiger partial charge is 0.317 e. The first-order valence-corrected chi connectivity index (χ1v) is 7.38. The van der Waals surface area contributed by atoms with Crippen LogP contribution in [0.4, 0.5) is 0 Å². The maximum absolute atomic E-state index is 12.7. The van der Waals surface area contributed by atoms with Gasteiger partial charge in [0.15, 0.2) is 5.78 Å². The first-order valence-electron chi connectivity index (χ1n) is 7.38. The third-order valence-corrected chi connectivity index (χ3v) is 6.16. The molecule has 0 unspecified atom stereocenters. The molecule has 0 radical (unpaired) electrons. The minimum Gasteiger partial charge on any atom is -0.480 e. The zero-order chi connectivity index (χ0) is 12.5. The van der Waals surface area contributed by atoms with Gasteiger partial charge in [0.2, 0.25) is 0 Å². The number of rotatable bonds is 3. The molecule has 0 spiro atoms. The van der Waals surface area contributed by atoms with Crippen LogP contribution in [0.5, 0.6) is 0 Å². The second-order valence-electron chi connectivity index (χ2n) is 7.21. The van der Waals surface area contributed by atoms with E-state index in [1.54, 1.807) is 0 Å². The van der Waals surface area contributed by atoms with Crippen LogP contribution in [0.2, 0.25) is 0 Å². The lowest BCUT2D eigenvalue weighted by molar-refractivity contribution is -0.155. The van der Waals surface area contributed by atoms with Crippen LogP contribution in [-0.2, 0) is 9.59 Å². The van der Waals surface area contributed by atoms with Crippen LogP contribution >= 0.6 is 0 Å². The number of carboxylic acid groups (broad SMARTS) is 1. The van der Waals surface area contributed by atoms with Gasteiger partial charge in [0, 0.05) is 5.92 Å². The number of hydrogen-bond acceptors (Lipinski definition) is 2. The van der Waals surface area contributed by atoms with Gasteiger partial charge < -0.3 is 5.11 Å². The lowest BCUT2D eigenvalue weighted by atomic mass is 9.50. The number of ketones is 1. The van der Waals surface area contributed by atoms with Gasteiger partial charge in [0.05, 0.1) is 0 Å². The first-order chi connectivity index (χ1) is 8.60. The van der Waals surface area contributed by atoms with Crippen molar-refractivity contribution in [1.29, 1.82) is 0 Å². The Morgan fingerprint density at radius 1 is 0.889 bits per heavy atom. The summed E-state index contributed by atoms with van der Waals surface area (Å²) in [5, 5.41) is 9.31. The molecular weight excluding hydrogens is 228 g/mol. The van der Waals surface area contributed by atoms with E-state index in [-0.39, 0.29) is 11.7 Å². The number of carbonyl (C=O) groups is 2. The summed E-state index contributed by atoms with van der Waals surface area (Å²) >= 11 is 0. The highest BCUT2D eigenvalue weighted by atomic mass is 16.4. The molecule has 0 saturated heterocycles. The molecule has 5 aliphatic carbocycles. The van der Waals surface area contributed by atoms with E-state index in [0.717, 1.165) is 11.8 Å². The Bertz CT molecular complexity index is 393. The minimum atomic E-state index is -0.958. The number of carbonyl (C=O) groups excluding carboxylic acids is 1. The fourth-order valence-corrected chi connectivity index (χ4v) is 5.36. The molecule has 5 aliphatic rings. The Kier molecular flexibility index (Phi) is 2.06. The van der Waals surface area contributed by atoms with E-state index in [2.05, 4.69) is 0 Å². The summed E-state index contributed by atoms with van der Waals surface area (Å²) in [7, 11) is 0. The highest BCUT2D eigenvalue weighted by Crippen LogP contribution is 2.60. The summed E-state index contributed by atoms with van der Waals surface area (Å²) in [6.45, 7) is 0. The monoisotopic (exact) mass is 248 g/mol. The molecule has 0 aromatic carbocycles. The number of aliphatic carboxylic acids is 1. The molecule has 1 N–H and O–H groups in total. The molecule has 3 heteroatoms. The van der Waals surface area contributed by atoms with Crippen molar-refractivity contribution >= 4 is 11.8 Å². The summed E-state index contributed by atoms with van der Waals surface area (Å²) in [5.41, 5.74) is -0.958. The van der Waals surface area contributed by atoms with Crippen molar-refractivity contribution < 1.29 is 14.7 Å². The predicted octanol–water partition coefficient (Wildman–Crippen LogP) is 2.49. The van der Waals surface area contributed by atoms with E-state index >= 15 is 0 Å². The van der Waals surface area contributed by atoms with Gasteiger partial charge in [-0.15, -0.1) is 0 Å². The molecule has 0 atom stereocenters. The maximum Gasteiger partial charge on any atom is 0.317 e. The molecule has 4 bridgehead atoms. The van der Waals surface area contributed by atoms with Crippen molar-refractivity contribution in [3.05, 3.63) is 0 Å². The van der Waals surface area contributed by atoms with Crippen LogP contribution in [0.15, 0.2) is 0 Å². The topological polar surface area (TPSA) is 54.4 Å².